The Kier molecular flexibility index (Phi) is 4.56. The van der Waals surface area contributed by atoms with Crippen molar-refractivity contribution in [2.45, 2.75) is 38.1 Å². The smallest absolute Gasteiger partial charge is 0.329 e. The Labute approximate surface area is 132 Å². The van der Waals surface area contributed by atoms with E-state index in [9.17, 15) is 14.7 Å². The Morgan fingerprint density at radius 1 is 1.33 bits per heavy atom. The van der Waals surface area contributed by atoms with Crippen LogP contribution in [0.2, 0.25) is 0 Å². The van der Waals surface area contributed by atoms with Gasteiger partial charge in [-0.05, 0) is 49.8 Å². The molecule has 21 heavy (non-hydrogen) atoms. The number of benzene rings is 1. The average Bonchev–Trinajstić information content (AvgIpc) is 2.40. The number of rotatable bonds is 3. The Balaban J connectivity index is 2.21. The zero-order valence-electron chi connectivity index (χ0n) is 11.9. The molecule has 1 fully saturated rings. The number of hydrogen-bond acceptors (Lipinski definition) is 3. The van der Waals surface area contributed by atoms with Crippen LogP contribution in [0.15, 0.2) is 22.7 Å². The third-order valence-electron chi connectivity index (χ3n) is 4.07. The topological polar surface area (TPSA) is 92.4 Å². The standard InChI is InChI=1S/C15H19BrN2O3/c1-9-2-4-15(5-3-9,14(20)21)18-13(19)10-6-11(16)8-12(17)7-10/h6-9H,2-5,17H2,1H3,(H,18,19)(H,20,21). The van der Waals surface area contributed by atoms with Crippen LogP contribution in [-0.2, 0) is 4.79 Å². The fourth-order valence-electron chi connectivity index (χ4n) is 2.68. The monoisotopic (exact) mass is 354 g/mol. The van der Waals surface area contributed by atoms with E-state index >= 15 is 0 Å². The molecule has 4 N–H and O–H groups in total. The van der Waals surface area contributed by atoms with E-state index < -0.39 is 17.4 Å². The summed E-state index contributed by atoms with van der Waals surface area (Å²) in [5.74, 6) is -0.874. The van der Waals surface area contributed by atoms with Crippen LogP contribution in [0.25, 0.3) is 0 Å². The summed E-state index contributed by atoms with van der Waals surface area (Å²) in [5.41, 5.74) is 5.37. The molecule has 0 heterocycles. The van der Waals surface area contributed by atoms with Gasteiger partial charge in [-0.1, -0.05) is 22.9 Å². The summed E-state index contributed by atoms with van der Waals surface area (Å²) in [6, 6.07) is 4.86. The molecular weight excluding hydrogens is 336 g/mol. The normalized spacial score (nSPS) is 25.3. The van der Waals surface area contributed by atoms with Gasteiger partial charge in [0.25, 0.3) is 5.91 Å². The molecule has 0 bridgehead atoms. The predicted octanol–water partition coefficient (Wildman–Crippen LogP) is 2.79. The number of halogens is 1. The fraction of sp³-hybridized carbons (Fsp3) is 0.467. The average molecular weight is 355 g/mol. The number of nitrogens with two attached hydrogens (primary N) is 1. The number of amides is 1. The summed E-state index contributed by atoms with van der Waals surface area (Å²) in [6.45, 7) is 2.10. The lowest BCUT2D eigenvalue weighted by atomic mass is 9.77. The second-order valence-corrected chi connectivity index (χ2v) is 6.71. The van der Waals surface area contributed by atoms with Gasteiger partial charge in [0, 0.05) is 15.7 Å². The van der Waals surface area contributed by atoms with Crippen molar-refractivity contribution in [3.8, 4) is 0 Å². The minimum absolute atomic E-state index is 0.362. The second-order valence-electron chi connectivity index (χ2n) is 5.80. The minimum Gasteiger partial charge on any atom is -0.480 e. The van der Waals surface area contributed by atoms with Gasteiger partial charge in [0.1, 0.15) is 5.54 Å². The number of carbonyl (C=O) groups is 2. The van der Waals surface area contributed by atoms with Crippen molar-refractivity contribution in [1.29, 1.82) is 0 Å². The van der Waals surface area contributed by atoms with Gasteiger partial charge in [0.2, 0.25) is 0 Å². The molecule has 1 aromatic carbocycles. The third kappa shape index (κ3) is 3.56. The number of carboxylic acid groups (broad SMARTS) is 1. The summed E-state index contributed by atoms with van der Waals surface area (Å²) in [5, 5.41) is 12.2. The van der Waals surface area contributed by atoms with Crippen LogP contribution in [0.5, 0.6) is 0 Å². The molecule has 114 valence electrons. The zero-order chi connectivity index (χ0) is 15.6. The first kappa shape index (κ1) is 15.8. The van der Waals surface area contributed by atoms with Gasteiger partial charge in [-0.25, -0.2) is 4.79 Å². The van der Waals surface area contributed by atoms with Gasteiger partial charge in [-0.3, -0.25) is 4.79 Å². The summed E-state index contributed by atoms with van der Waals surface area (Å²) >= 11 is 3.28. The first-order valence-corrected chi connectivity index (χ1v) is 7.74. The molecule has 1 amide bonds. The van der Waals surface area contributed by atoms with Crippen LogP contribution in [0, 0.1) is 5.92 Å². The second kappa shape index (κ2) is 6.05. The molecule has 0 aliphatic heterocycles. The van der Waals surface area contributed by atoms with Crippen LogP contribution in [-0.4, -0.2) is 22.5 Å². The molecule has 0 aromatic heterocycles. The van der Waals surface area contributed by atoms with Gasteiger partial charge in [0.05, 0.1) is 0 Å². The SMILES string of the molecule is CC1CCC(NC(=O)c2cc(N)cc(Br)c2)(C(=O)O)CC1. The van der Waals surface area contributed by atoms with Gasteiger partial charge in [0.15, 0.2) is 0 Å². The quantitative estimate of drug-likeness (QED) is 0.727. The molecule has 1 aliphatic rings. The van der Waals surface area contributed by atoms with Gasteiger partial charge in [-0.15, -0.1) is 0 Å². The van der Waals surface area contributed by atoms with E-state index in [0.717, 1.165) is 12.8 Å². The van der Waals surface area contributed by atoms with E-state index in [0.29, 0.717) is 34.5 Å². The van der Waals surface area contributed by atoms with E-state index in [-0.39, 0.29) is 0 Å². The maximum Gasteiger partial charge on any atom is 0.329 e. The molecule has 2 rings (SSSR count). The van der Waals surface area contributed by atoms with Crippen molar-refractivity contribution >= 4 is 33.5 Å². The molecule has 5 nitrogen and oxygen atoms in total. The number of hydrogen-bond donors (Lipinski definition) is 3. The van der Waals surface area contributed by atoms with Crippen molar-refractivity contribution in [2.75, 3.05) is 5.73 Å². The van der Waals surface area contributed by atoms with Crippen LogP contribution in [0.4, 0.5) is 5.69 Å². The summed E-state index contributed by atoms with van der Waals surface area (Å²) in [4.78, 5) is 24.0. The first-order valence-electron chi connectivity index (χ1n) is 6.94. The lowest BCUT2D eigenvalue weighted by Crippen LogP contribution is -2.56. The summed E-state index contributed by atoms with van der Waals surface area (Å²) in [7, 11) is 0. The number of aliphatic carboxylic acids is 1. The predicted molar refractivity (Wildman–Crippen MR) is 84.0 cm³/mol. The summed E-state index contributed by atoms with van der Waals surface area (Å²) in [6.07, 6.45) is 2.51. The van der Waals surface area contributed by atoms with Crippen molar-refractivity contribution in [3.05, 3.63) is 28.2 Å². The Hall–Kier alpha value is -1.56. The number of nitrogens with one attached hydrogen (secondary N) is 1. The van der Waals surface area contributed by atoms with Crippen LogP contribution < -0.4 is 11.1 Å². The third-order valence-corrected chi connectivity index (χ3v) is 4.53. The molecule has 1 aliphatic carbocycles. The number of anilines is 1. The van der Waals surface area contributed by atoms with Gasteiger partial charge < -0.3 is 16.2 Å². The molecule has 1 aromatic rings. The number of carbonyl (C=O) groups excluding carboxylic acids is 1. The maximum atomic E-state index is 12.4. The van der Waals surface area contributed by atoms with Crippen LogP contribution in [0.3, 0.4) is 0 Å². The van der Waals surface area contributed by atoms with Crippen LogP contribution >= 0.6 is 15.9 Å². The Bertz CT molecular complexity index is 546. The van der Waals surface area contributed by atoms with E-state index in [1.54, 1.807) is 18.2 Å². The van der Waals surface area contributed by atoms with Crippen molar-refractivity contribution < 1.29 is 14.7 Å². The van der Waals surface area contributed by atoms with Crippen molar-refractivity contribution in [3.63, 3.8) is 0 Å². The van der Waals surface area contributed by atoms with Crippen molar-refractivity contribution in [1.82, 2.24) is 5.32 Å². The highest BCUT2D eigenvalue weighted by molar-refractivity contribution is 9.10. The van der Waals surface area contributed by atoms with Gasteiger partial charge >= 0.3 is 5.97 Å². The first-order chi connectivity index (χ1) is 9.82. The lowest BCUT2D eigenvalue weighted by Gasteiger charge is -2.36. The van der Waals surface area contributed by atoms with E-state index in [1.807, 2.05) is 0 Å². The molecule has 0 spiro atoms. The molecule has 0 saturated heterocycles. The molecular formula is C15H19BrN2O3. The minimum atomic E-state index is -1.17. The highest BCUT2D eigenvalue weighted by atomic mass is 79.9. The molecule has 6 heteroatoms. The zero-order valence-corrected chi connectivity index (χ0v) is 13.4. The maximum absolute atomic E-state index is 12.4. The van der Waals surface area contributed by atoms with E-state index in [2.05, 4.69) is 28.2 Å². The van der Waals surface area contributed by atoms with E-state index in [1.165, 1.54) is 0 Å². The largest absolute Gasteiger partial charge is 0.480 e. The molecule has 1 saturated carbocycles. The van der Waals surface area contributed by atoms with Gasteiger partial charge in [-0.2, -0.15) is 0 Å². The Morgan fingerprint density at radius 2 is 1.95 bits per heavy atom. The fourth-order valence-corrected chi connectivity index (χ4v) is 3.19. The van der Waals surface area contributed by atoms with Crippen molar-refractivity contribution in [2.24, 2.45) is 5.92 Å². The summed E-state index contributed by atoms with van der Waals surface area (Å²) < 4.78 is 0.689. The van der Waals surface area contributed by atoms with E-state index in [4.69, 9.17) is 5.73 Å². The lowest BCUT2D eigenvalue weighted by molar-refractivity contribution is -0.146. The molecule has 0 atom stereocenters. The number of carboxylic acids is 1. The van der Waals surface area contributed by atoms with Crippen LogP contribution in [0.1, 0.15) is 43.0 Å². The highest BCUT2D eigenvalue weighted by Crippen LogP contribution is 2.32. The Morgan fingerprint density at radius 3 is 2.48 bits per heavy atom. The molecule has 0 radical (unpaired) electrons. The number of nitrogen functional groups attached to an aromatic ring is 1. The molecule has 0 unspecified atom stereocenters. The highest BCUT2D eigenvalue weighted by Gasteiger charge is 2.42.